The van der Waals surface area contributed by atoms with Gasteiger partial charge >= 0.3 is 0 Å². The number of carbonyl (C=O) groups is 1. The molecule has 25 heavy (non-hydrogen) atoms. The molecule has 3 rings (SSSR count). The number of hydrogen-bond acceptors (Lipinski definition) is 8. The van der Waals surface area contributed by atoms with Gasteiger partial charge in [-0.1, -0.05) is 17.8 Å². The fourth-order valence-corrected chi connectivity index (χ4v) is 2.89. The third-order valence-electron chi connectivity index (χ3n) is 3.41. The van der Waals surface area contributed by atoms with Crippen LogP contribution in [-0.4, -0.2) is 21.0 Å². The van der Waals surface area contributed by atoms with Crippen LogP contribution in [0.2, 0.25) is 0 Å². The maximum Gasteiger partial charge on any atom is 0.277 e. The van der Waals surface area contributed by atoms with E-state index in [0.29, 0.717) is 22.8 Å². The van der Waals surface area contributed by atoms with Crippen molar-refractivity contribution in [1.82, 2.24) is 10.2 Å². The molecule has 0 spiro atoms. The predicted molar refractivity (Wildman–Crippen MR) is 87.9 cm³/mol. The van der Waals surface area contributed by atoms with Gasteiger partial charge in [0, 0.05) is 22.9 Å². The number of furan rings is 1. The number of benzene rings is 1. The number of aryl methyl sites for hydroxylation is 1. The maximum absolute atomic E-state index is 11.2. The minimum Gasteiger partial charge on any atom is -0.469 e. The van der Waals surface area contributed by atoms with E-state index in [1.165, 1.54) is 18.4 Å². The van der Waals surface area contributed by atoms with Crippen LogP contribution < -0.4 is 5.73 Å². The van der Waals surface area contributed by atoms with Crippen molar-refractivity contribution in [2.75, 3.05) is 0 Å². The van der Waals surface area contributed by atoms with E-state index >= 15 is 0 Å². The van der Waals surface area contributed by atoms with Crippen LogP contribution >= 0.6 is 11.8 Å². The van der Waals surface area contributed by atoms with Crippen molar-refractivity contribution >= 4 is 23.4 Å². The summed E-state index contributed by atoms with van der Waals surface area (Å²) in [6.45, 7) is 1.77. The van der Waals surface area contributed by atoms with Gasteiger partial charge in [0.05, 0.1) is 16.7 Å². The number of rotatable bonds is 6. The lowest BCUT2D eigenvalue weighted by Crippen LogP contribution is -2.11. The first kappa shape index (κ1) is 16.7. The molecule has 0 fully saturated rings. The van der Waals surface area contributed by atoms with E-state index in [1.807, 2.05) is 0 Å². The van der Waals surface area contributed by atoms with Crippen molar-refractivity contribution < 1.29 is 18.6 Å². The highest BCUT2D eigenvalue weighted by molar-refractivity contribution is 7.98. The highest BCUT2D eigenvalue weighted by atomic mass is 32.2. The summed E-state index contributed by atoms with van der Waals surface area (Å²) in [6.07, 6.45) is 1.52. The molecule has 0 saturated heterocycles. The molecule has 0 bridgehead atoms. The zero-order valence-corrected chi connectivity index (χ0v) is 13.8. The number of thioether (sulfide) groups is 1. The number of aromatic nitrogens is 2. The van der Waals surface area contributed by atoms with E-state index in [4.69, 9.17) is 14.6 Å². The standard InChI is InChI=1S/C15H12N4O5S/c1-8-11(4-5-23-8)14-17-18-15(24-14)25-7-10-3-2-9(13(16)20)6-12(10)19(21)22/h2-6H,7H2,1H3,(H2,16,20). The van der Waals surface area contributed by atoms with E-state index in [0.717, 1.165) is 17.8 Å². The molecule has 0 saturated carbocycles. The molecule has 2 aromatic heterocycles. The Hall–Kier alpha value is -3.14. The number of carbonyl (C=O) groups excluding carboxylic acids is 1. The average molecular weight is 360 g/mol. The Morgan fingerprint density at radius 2 is 2.16 bits per heavy atom. The summed E-state index contributed by atoms with van der Waals surface area (Å²) in [5.41, 5.74) is 6.15. The molecule has 2 N–H and O–H groups in total. The quantitative estimate of drug-likeness (QED) is 0.402. The highest BCUT2D eigenvalue weighted by Crippen LogP contribution is 2.30. The number of nitro groups is 1. The Labute approximate surface area is 145 Å². The molecule has 1 amide bonds. The second-order valence-electron chi connectivity index (χ2n) is 5.02. The van der Waals surface area contributed by atoms with E-state index < -0.39 is 10.8 Å². The number of nitro benzene ring substituents is 1. The average Bonchev–Trinajstić information content (AvgIpc) is 3.21. The molecule has 0 atom stereocenters. The van der Waals surface area contributed by atoms with Crippen molar-refractivity contribution in [1.29, 1.82) is 0 Å². The first-order chi connectivity index (χ1) is 12.0. The van der Waals surface area contributed by atoms with Gasteiger partial charge in [-0.3, -0.25) is 14.9 Å². The Morgan fingerprint density at radius 3 is 2.80 bits per heavy atom. The van der Waals surface area contributed by atoms with Gasteiger partial charge in [-0.2, -0.15) is 0 Å². The van der Waals surface area contributed by atoms with Crippen LogP contribution in [0.5, 0.6) is 0 Å². The third-order valence-corrected chi connectivity index (χ3v) is 4.28. The number of primary amides is 1. The highest BCUT2D eigenvalue weighted by Gasteiger charge is 2.18. The molecule has 3 aromatic rings. The number of hydrogen-bond donors (Lipinski definition) is 1. The minimum absolute atomic E-state index is 0.0796. The van der Waals surface area contributed by atoms with Crippen molar-refractivity contribution in [2.24, 2.45) is 5.73 Å². The summed E-state index contributed by atoms with van der Waals surface area (Å²) in [4.78, 5) is 21.8. The molecule has 9 nitrogen and oxygen atoms in total. The Morgan fingerprint density at radius 1 is 1.36 bits per heavy atom. The minimum atomic E-state index is -0.723. The molecule has 0 radical (unpaired) electrons. The van der Waals surface area contributed by atoms with Gasteiger partial charge in [0.25, 0.3) is 16.8 Å². The first-order valence-electron chi connectivity index (χ1n) is 7.03. The van der Waals surface area contributed by atoms with E-state index in [-0.39, 0.29) is 22.2 Å². The summed E-state index contributed by atoms with van der Waals surface area (Å²) < 4.78 is 10.7. The zero-order valence-electron chi connectivity index (χ0n) is 13.0. The van der Waals surface area contributed by atoms with Gasteiger partial charge in [0.15, 0.2) is 0 Å². The summed E-state index contributed by atoms with van der Waals surface area (Å²) >= 11 is 1.15. The predicted octanol–water partition coefficient (Wildman–Crippen LogP) is 2.94. The van der Waals surface area contributed by atoms with Gasteiger partial charge in [-0.25, -0.2) is 0 Å². The van der Waals surface area contributed by atoms with Crippen LogP contribution in [0.15, 0.2) is 44.6 Å². The molecule has 0 aliphatic rings. The maximum atomic E-state index is 11.2. The molecule has 0 aliphatic carbocycles. The van der Waals surface area contributed by atoms with Crippen molar-refractivity contribution in [3.63, 3.8) is 0 Å². The van der Waals surface area contributed by atoms with Crippen LogP contribution in [-0.2, 0) is 5.75 Å². The molecule has 128 valence electrons. The van der Waals surface area contributed by atoms with Gasteiger partial charge in [0.2, 0.25) is 5.91 Å². The zero-order chi connectivity index (χ0) is 18.0. The Kier molecular flexibility index (Phi) is 4.52. The molecular formula is C15H12N4O5S. The number of nitrogens with zero attached hydrogens (tertiary/aromatic N) is 3. The molecular weight excluding hydrogens is 348 g/mol. The second kappa shape index (κ2) is 6.77. The molecule has 2 heterocycles. The Balaban J connectivity index is 1.78. The second-order valence-corrected chi connectivity index (χ2v) is 5.94. The van der Waals surface area contributed by atoms with E-state index in [2.05, 4.69) is 10.2 Å². The number of amides is 1. The SMILES string of the molecule is Cc1occc1-c1nnc(SCc2ccc(C(N)=O)cc2[N+](=O)[O-])o1. The van der Waals surface area contributed by atoms with Crippen molar-refractivity contribution in [3.8, 4) is 11.5 Å². The first-order valence-corrected chi connectivity index (χ1v) is 8.02. The van der Waals surface area contributed by atoms with Crippen LogP contribution in [0.4, 0.5) is 5.69 Å². The lowest BCUT2D eigenvalue weighted by Gasteiger charge is -2.02. The molecule has 10 heteroatoms. The fourth-order valence-electron chi connectivity index (χ4n) is 2.13. The van der Waals surface area contributed by atoms with Crippen molar-refractivity contribution in [2.45, 2.75) is 17.9 Å². The third kappa shape index (κ3) is 3.53. The normalized spacial score (nSPS) is 10.8. The smallest absolute Gasteiger partial charge is 0.277 e. The largest absolute Gasteiger partial charge is 0.469 e. The summed E-state index contributed by atoms with van der Waals surface area (Å²) in [5.74, 6) is 0.464. The van der Waals surface area contributed by atoms with E-state index in [1.54, 1.807) is 13.0 Å². The molecule has 1 aromatic carbocycles. The lowest BCUT2D eigenvalue weighted by molar-refractivity contribution is -0.385. The number of nitrogens with two attached hydrogens (primary N) is 1. The summed E-state index contributed by atoms with van der Waals surface area (Å²) in [7, 11) is 0. The monoisotopic (exact) mass is 360 g/mol. The van der Waals surface area contributed by atoms with Gasteiger partial charge in [-0.05, 0) is 19.1 Å². The summed E-state index contributed by atoms with van der Waals surface area (Å²) in [5, 5.41) is 19.3. The van der Waals surface area contributed by atoms with Gasteiger partial charge in [0.1, 0.15) is 5.76 Å². The fraction of sp³-hybridized carbons (Fsp3) is 0.133. The van der Waals surface area contributed by atoms with Gasteiger partial charge < -0.3 is 14.6 Å². The van der Waals surface area contributed by atoms with Gasteiger partial charge in [-0.15, -0.1) is 10.2 Å². The van der Waals surface area contributed by atoms with E-state index in [9.17, 15) is 14.9 Å². The topological polar surface area (TPSA) is 138 Å². The lowest BCUT2D eigenvalue weighted by atomic mass is 10.1. The molecule has 0 aliphatic heterocycles. The van der Waals surface area contributed by atoms with Crippen LogP contribution in [0.1, 0.15) is 21.7 Å². The Bertz CT molecular complexity index is 949. The summed E-state index contributed by atoms with van der Waals surface area (Å²) in [6, 6.07) is 5.80. The van der Waals surface area contributed by atoms with Crippen molar-refractivity contribution in [3.05, 3.63) is 57.5 Å². The van der Waals surface area contributed by atoms with Crippen LogP contribution in [0.25, 0.3) is 11.5 Å². The molecule has 0 unspecified atom stereocenters. The van der Waals surface area contributed by atoms with Crippen LogP contribution in [0, 0.1) is 17.0 Å². The van der Waals surface area contributed by atoms with Crippen LogP contribution in [0.3, 0.4) is 0 Å².